The molecule has 6 nitrogen and oxygen atoms in total. The van der Waals surface area contributed by atoms with Gasteiger partial charge in [0.25, 0.3) is 0 Å². The quantitative estimate of drug-likeness (QED) is 0.613. The number of amides is 1. The number of carbonyl (C=O) groups excluding carboxylic acids is 1. The maximum atomic E-state index is 14.3. The van der Waals surface area contributed by atoms with E-state index in [1.807, 2.05) is 0 Å². The predicted molar refractivity (Wildman–Crippen MR) is 105 cm³/mol. The van der Waals surface area contributed by atoms with Gasteiger partial charge in [-0.25, -0.2) is 12.8 Å². The van der Waals surface area contributed by atoms with Crippen LogP contribution in [0.4, 0.5) is 23.2 Å². The molecule has 0 aliphatic rings. The number of methoxy groups -OCH3 is 1. The fourth-order valence-electron chi connectivity index (χ4n) is 2.71. The number of carbonyl (C=O) groups is 1. The molecule has 2 aromatic carbocycles. The Bertz CT molecular complexity index is 1060. The Morgan fingerprint density at radius 1 is 1.16 bits per heavy atom. The molecule has 0 bridgehead atoms. The molecule has 31 heavy (non-hydrogen) atoms. The van der Waals surface area contributed by atoms with Crippen molar-refractivity contribution in [2.24, 2.45) is 0 Å². The van der Waals surface area contributed by atoms with Gasteiger partial charge in [0.05, 0.1) is 29.9 Å². The number of benzene rings is 2. The lowest BCUT2D eigenvalue weighted by molar-refractivity contribution is -0.259. The Morgan fingerprint density at radius 3 is 2.23 bits per heavy atom. The van der Waals surface area contributed by atoms with Gasteiger partial charge in [-0.15, -0.1) is 0 Å². The molecule has 0 saturated carbocycles. The third-order valence-electron chi connectivity index (χ3n) is 4.67. The number of nitrogens with one attached hydrogen (secondary N) is 1. The number of sulfone groups is 1. The lowest BCUT2D eigenvalue weighted by Crippen LogP contribution is -2.40. The predicted octanol–water partition coefficient (Wildman–Crippen LogP) is 3.58. The number of hydrogen-bond donors (Lipinski definition) is 2. The summed E-state index contributed by atoms with van der Waals surface area (Å²) in [4.78, 5) is 12.4. The minimum Gasteiger partial charge on any atom is -0.495 e. The van der Waals surface area contributed by atoms with Gasteiger partial charge in [-0.05, 0) is 30.7 Å². The molecule has 0 spiro atoms. The molecule has 0 radical (unpaired) electrons. The second kappa shape index (κ2) is 8.83. The van der Waals surface area contributed by atoms with E-state index in [1.165, 1.54) is 31.2 Å². The van der Waals surface area contributed by atoms with Crippen LogP contribution in [0, 0.1) is 5.82 Å². The maximum absolute atomic E-state index is 14.3. The van der Waals surface area contributed by atoms with Crippen LogP contribution in [0.3, 0.4) is 0 Å². The van der Waals surface area contributed by atoms with Gasteiger partial charge in [0, 0.05) is 11.6 Å². The molecule has 0 aliphatic carbocycles. The van der Waals surface area contributed by atoms with E-state index in [-0.39, 0.29) is 28.5 Å². The summed E-state index contributed by atoms with van der Waals surface area (Å²) in [5, 5.41) is 12.1. The molecular formula is C20H21F4NO5S. The van der Waals surface area contributed by atoms with Crippen LogP contribution in [-0.4, -0.2) is 38.5 Å². The van der Waals surface area contributed by atoms with Gasteiger partial charge in [-0.2, -0.15) is 13.2 Å². The van der Waals surface area contributed by atoms with Crippen molar-refractivity contribution in [1.82, 2.24) is 0 Å². The van der Waals surface area contributed by atoms with Crippen molar-refractivity contribution in [2.45, 2.75) is 36.9 Å². The lowest BCUT2D eigenvalue weighted by Gasteiger charge is -2.27. The molecule has 2 N–H and O–H groups in total. The fraction of sp³-hybridized carbons (Fsp3) is 0.350. The van der Waals surface area contributed by atoms with Gasteiger partial charge in [0.2, 0.25) is 5.91 Å². The van der Waals surface area contributed by atoms with Crippen molar-refractivity contribution < 1.29 is 40.6 Å². The number of ether oxygens (including phenoxy) is 1. The number of hydrogen-bond acceptors (Lipinski definition) is 5. The molecule has 1 amide bonds. The Labute approximate surface area is 176 Å². The van der Waals surface area contributed by atoms with E-state index in [0.717, 1.165) is 7.11 Å². The molecular weight excluding hydrogens is 442 g/mol. The average Bonchev–Trinajstić information content (AvgIpc) is 2.67. The van der Waals surface area contributed by atoms with Gasteiger partial charge in [-0.1, -0.05) is 19.1 Å². The van der Waals surface area contributed by atoms with Crippen molar-refractivity contribution in [3.05, 3.63) is 53.3 Å². The fourth-order valence-corrected chi connectivity index (χ4v) is 3.59. The highest BCUT2D eigenvalue weighted by molar-refractivity contribution is 7.91. The summed E-state index contributed by atoms with van der Waals surface area (Å²) in [6.07, 6.45) is -5.35. The Kier molecular flexibility index (Phi) is 7.01. The van der Waals surface area contributed by atoms with E-state index in [0.29, 0.717) is 24.6 Å². The molecule has 0 aromatic heterocycles. The number of halogens is 4. The summed E-state index contributed by atoms with van der Waals surface area (Å²) < 4.78 is 82.1. The highest BCUT2D eigenvalue weighted by Gasteiger charge is 2.52. The second-order valence-electron chi connectivity index (χ2n) is 6.87. The van der Waals surface area contributed by atoms with E-state index >= 15 is 0 Å². The summed E-state index contributed by atoms with van der Waals surface area (Å²) in [5.41, 5.74) is -4.28. The van der Waals surface area contributed by atoms with E-state index < -0.39 is 38.9 Å². The zero-order valence-electron chi connectivity index (χ0n) is 16.9. The normalized spacial score (nSPS) is 14.1. The maximum Gasteiger partial charge on any atom is 0.421 e. The minimum absolute atomic E-state index is 0.0740. The first-order valence-corrected chi connectivity index (χ1v) is 10.7. The number of alkyl halides is 3. The molecule has 0 fully saturated rings. The Balaban J connectivity index is 2.24. The lowest BCUT2D eigenvalue weighted by atomic mass is 9.94. The summed E-state index contributed by atoms with van der Waals surface area (Å²) in [6, 6.07) is 6.91. The van der Waals surface area contributed by atoms with Crippen LogP contribution in [0.5, 0.6) is 5.75 Å². The standard InChI is InChI=1S/C20H21F4NO5S/c1-4-31(28,29)13-7-5-12(6-8-13)9-18(26)25-16-11-15(21)14(10-17(16)30-3)19(2,27)20(22,23)24/h5-8,10-11,27H,4,9H2,1-3H3,(H,25,26). The zero-order chi connectivity index (χ0) is 23.6. The minimum atomic E-state index is -5.14. The Hall–Kier alpha value is -2.66. The summed E-state index contributed by atoms with van der Waals surface area (Å²) in [5.74, 6) is -2.37. The average molecular weight is 463 g/mol. The molecule has 0 heterocycles. The number of aliphatic hydroxyl groups is 1. The smallest absolute Gasteiger partial charge is 0.421 e. The monoisotopic (exact) mass is 463 g/mol. The highest BCUT2D eigenvalue weighted by Crippen LogP contribution is 2.42. The molecule has 170 valence electrons. The largest absolute Gasteiger partial charge is 0.495 e. The first kappa shape index (κ1) is 24.6. The number of anilines is 1. The molecule has 2 aromatic rings. The van der Waals surface area contributed by atoms with E-state index in [9.17, 15) is 35.9 Å². The van der Waals surface area contributed by atoms with Crippen molar-refractivity contribution in [2.75, 3.05) is 18.2 Å². The topological polar surface area (TPSA) is 92.7 Å². The first-order valence-electron chi connectivity index (χ1n) is 9.01. The van der Waals surface area contributed by atoms with Crippen molar-refractivity contribution in [3.63, 3.8) is 0 Å². The van der Waals surface area contributed by atoms with Crippen LogP contribution in [0.1, 0.15) is 25.0 Å². The van der Waals surface area contributed by atoms with Crippen LogP contribution in [-0.2, 0) is 26.7 Å². The summed E-state index contributed by atoms with van der Waals surface area (Å²) in [7, 11) is -2.28. The summed E-state index contributed by atoms with van der Waals surface area (Å²) in [6.45, 7) is 1.91. The molecule has 1 unspecified atom stereocenters. The highest BCUT2D eigenvalue weighted by atomic mass is 32.2. The van der Waals surface area contributed by atoms with E-state index in [2.05, 4.69) is 5.32 Å². The Morgan fingerprint density at radius 2 is 1.74 bits per heavy atom. The van der Waals surface area contributed by atoms with Gasteiger partial charge in [0.1, 0.15) is 11.6 Å². The van der Waals surface area contributed by atoms with Gasteiger partial charge in [-0.3, -0.25) is 4.79 Å². The van der Waals surface area contributed by atoms with Crippen LogP contribution < -0.4 is 10.1 Å². The second-order valence-corrected chi connectivity index (χ2v) is 9.15. The SMILES string of the molecule is CCS(=O)(=O)c1ccc(CC(=O)Nc2cc(F)c(C(C)(O)C(F)(F)F)cc2OC)cc1. The third kappa shape index (κ3) is 5.34. The van der Waals surface area contributed by atoms with Gasteiger partial charge >= 0.3 is 6.18 Å². The molecule has 0 saturated heterocycles. The van der Waals surface area contributed by atoms with Gasteiger partial charge in [0.15, 0.2) is 15.4 Å². The number of rotatable bonds is 7. The van der Waals surface area contributed by atoms with Crippen LogP contribution in [0.25, 0.3) is 0 Å². The zero-order valence-corrected chi connectivity index (χ0v) is 17.7. The van der Waals surface area contributed by atoms with Gasteiger partial charge < -0.3 is 15.2 Å². The molecule has 0 aliphatic heterocycles. The van der Waals surface area contributed by atoms with Crippen LogP contribution >= 0.6 is 0 Å². The molecule has 1 atom stereocenters. The summed E-state index contributed by atoms with van der Waals surface area (Å²) >= 11 is 0. The van der Waals surface area contributed by atoms with Crippen LogP contribution in [0.15, 0.2) is 41.3 Å². The van der Waals surface area contributed by atoms with Crippen molar-refractivity contribution in [1.29, 1.82) is 0 Å². The van der Waals surface area contributed by atoms with Crippen molar-refractivity contribution >= 4 is 21.4 Å². The van der Waals surface area contributed by atoms with E-state index in [4.69, 9.17) is 4.74 Å². The van der Waals surface area contributed by atoms with E-state index in [1.54, 1.807) is 0 Å². The van der Waals surface area contributed by atoms with Crippen molar-refractivity contribution in [3.8, 4) is 5.75 Å². The third-order valence-corrected chi connectivity index (χ3v) is 6.42. The molecule has 11 heteroatoms. The molecule has 2 rings (SSSR count). The van der Waals surface area contributed by atoms with Crippen LogP contribution in [0.2, 0.25) is 0 Å². The first-order chi connectivity index (χ1) is 14.2.